The number of rotatable bonds is 7. The van der Waals surface area contributed by atoms with E-state index in [-0.39, 0.29) is 0 Å². The van der Waals surface area contributed by atoms with E-state index in [9.17, 15) is 9.90 Å². The number of carbonyl (C=O) groups is 1. The number of carboxylic acids is 1. The summed E-state index contributed by atoms with van der Waals surface area (Å²) in [5, 5.41) is 13.9. The molecule has 0 aliphatic rings. The molecule has 2 heterocycles. The third kappa shape index (κ3) is 3.96. The Kier molecular flexibility index (Phi) is 5.46. The van der Waals surface area contributed by atoms with Crippen molar-refractivity contribution in [1.82, 2.24) is 10.3 Å². The molecule has 5 heteroatoms. The van der Waals surface area contributed by atoms with Gasteiger partial charge in [0.1, 0.15) is 9.71 Å². The van der Waals surface area contributed by atoms with Crippen molar-refractivity contribution in [2.75, 3.05) is 6.54 Å². The van der Waals surface area contributed by atoms with E-state index < -0.39 is 5.97 Å². The fourth-order valence-electron chi connectivity index (χ4n) is 3.27. The van der Waals surface area contributed by atoms with Gasteiger partial charge in [0, 0.05) is 23.7 Å². The molecule has 28 heavy (non-hydrogen) atoms. The lowest BCUT2D eigenvalue weighted by atomic mass is 10.0. The van der Waals surface area contributed by atoms with E-state index in [1.165, 1.54) is 22.5 Å². The standard InChI is InChI=1S/C23H20N2O2S/c26-23(27)21-20(19-7-4-13-25-22(19)28-21)18-10-8-16(9-11-18)12-14-24-15-17-5-2-1-3-6-17/h1-11,13,24H,12,14-15H2,(H,26,27). The Morgan fingerprint density at radius 3 is 2.50 bits per heavy atom. The molecule has 140 valence electrons. The molecule has 0 aliphatic carbocycles. The number of nitrogens with zero attached hydrogens (tertiary/aromatic N) is 1. The van der Waals surface area contributed by atoms with E-state index in [0.717, 1.165) is 40.9 Å². The van der Waals surface area contributed by atoms with E-state index >= 15 is 0 Å². The first-order valence-electron chi connectivity index (χ1n) is 9.17. The van der Waals surface area contributed by atoms with Crippen molar-refractivity contribution in [2.45, 2.75) is 13.0 Å². The number of aromatic nitrogens is 1. The van der Waals surface area contributed by atoms with Crippen LogP contribution < -0.4 is 5.32 Å². The molecule has 0 radical (unpaired) electrons. The molecule has 2 aromatic carbocycles. The van der Waals surface area contributed by atoms with Crippen LogP contribution in [0.5, 0.6) is 0 Å². The van der Waals surface area contributed by atoms with Crippen molar-refractivity contribution in [2.24, 2.45) is 0 Å². The first kappa shape index (κ1) is 18.3. The van der Waals surface area contributed by atoms with Crippen molar-refractivity contribution in [3.63, 3.8) is 0 Å². The first-order valence-corrected chi connectivity index (χ1v) is 9.99. The van der Waals surface area contributed by atoms with Gasteiger partial charge in [-0.1, -0.05) is 54.6 Å². The molecule has 4 nitrogen and oxygen atoms in total. The van der Waals surface area contributed by atoms with Gasteiger partial charge in [-0.25, -0.2) is 9.78 Å². The summed E-state index contributed by atoms with van der Waals surface area (Å²) in [7, 11) is 0. The highest BCUT2D eigenvalue weighted by molar-refractivity contribution is 7.21. The number of hydrogen-bond donors (Lipinski definition) is 2. The Balaban J connectivity index is 1.47. The Morgan fingerprint density at radius 1 is 0.964 bits per heavy atom. The highest BCUT2D eigenvalue weighted by Gasteiger charge is 2.19. The number of benzene rings is 2. The molecule has 0 aliphatic heterocycles. The largest absolute Gasteiger partial charge is 0.477 e. The topological polar surface area (TPSA) is 62.2 Å². The van der Waals surface area contributed by atoms with Crippen LogP contribution in [0, 0.1) is 0 Å². The third-order valence-corrected chi connectivity index (χ3v) is 5.77. The van der Waals surface area contributed by atoms with Crippen molar-refractivity contribution < 1.29 is 9.90 Å². The highest BCUT2D eigenvalue weighted by Crippen LogP contribution is 2.37. The van der Waals surface area contributed by atoms with Gasteiger partial charge in [-0.2, -0.15) is 0 Å². The van der Waals surface area contributed by atoms with E-state index in [2.05, 4.69) is 34.6 Å². The Labute approximate surface area is 167 Å². The summed E-state index contributed by atoms with van der Waals surface area (Å²) in [4.78, 5) is 17.1. The average Bonchev–Trinajstić information content (AvgIpc) is 3.12. The minimum atomic E-state index is -0.910. The summed E-state index contributed by atoms with van der Waals surface area (Å²) in [5.41, 5.74) is 4.17. The van der Waals surface area contributed by atoms with E-state index in [0.29, 0.717) is 4.88 Å². The molecule has 0 bridgehead atoms. The third-order valence-electron chi connectivity index (χ3n) is 4.67. The smallest absolute Gasteiger partial charge is 0.346 e. The molecule has 0 amide bonds. The second-order valence-corrected chi connectivity index (χ2v) is 7.58. The molecule has 2 N–H and O–H groups in total. The SMILES string of the molecule is O=C(O)c1sc2ncccc2c1-c1ccc(CCNCc2ccccc2)cc1. The summed E-state index contributed by atoms with van der Waals surface area (Å²) in [5.74, 6) is -0.910. The number of fused-ring (bicyclic) bond motifs is 1. The molecule has 0 atom stereocenters. The maximum Gasteiger partial charge on any atom is 0.346 e. The quantitative estimate of drug-likeness (QED) is 0.438. The minimum absolute atomic E-state index is 0.339. The molecule has 4 rings (SSSR count). The van der Waals surface area contributed by atoms with E-state index in [1.807, 2.05) is 42.5 Å². The molecule has 4 aromatic rings. The second-order valence-electron chi connectivity index (χ2n) is 6.58. The zero-order valence-electron chi connectivity index (χ0n) is 15.3. The van der Waals surface area contributed by atoms with Crippen molar-refractivity contribution in [1.29, 1.82) is 0 Å². The van der Waals surface area contributed by atoms with Crippen LogP contribution in [-0.2, 0) is 13.0 Å². The van der Waals surface area contributed by atoms with Gasteiger partial charge in [0.15, 0.2) is 0 Å². The Morgan fingerprint density at radius 2 is 1.75 bits per heavy atom. The fourth-order valence-corrected chi connectivity index (χ4v) is 4.27. The van der Waals surface area contributed by atoms with Crippen molar-refractivity contribution >= 4 is 27.5 Å². The summed E-state index contributed by atoms with van der Waals surface area (Å²) >= 11 is 1.23. The van der Waals surface area contributed by atoms with Crippen LogP contribution in [0.15, 0.2) is 72.9 Å². The van der Waals surface area contributed by atoms with E-state index in [1.54, 1.807) is 6.20 Å². The summed E-state index contributed by atoms with van der Waals surface area (Å²) in [6.07, 6.45) is 2.62. The molecular weight excluding hydrogens is 368 g/mol. The molecule has 0 fully saturated rings. The normalized spacial score (nSPS) is 11.0. The first-order chi connectivity index (χ1) is 13.7. The number of pyridine rings is 1. The summed E-state index contributed by atoms with van der Waals surface area (Å²) in [6, 6.07) is 22.3. The van der Waals surface area contributed by atoms with Gasteiger partial charge in [0.05, 0.1) is 0 Å². The van der Waals surface area contributed by atoms with Gasteiger partial charge in [-0.3, -0.25) is 0 Å². The lowest BCUT2D eigenvalue weighted by Gasteiger charge is -2.07. The number of thiophene rings is 1. The summed E-state index contributed by atoms with van der Waals surface area (Å²) in [6.45, 7) is 1.74. The minimum Gasteiger partial charge on any atom is -0.477 e. The maximum atomic E-state index is 11.7. The van der Waals surface area contributed by atoms with E-state index in [4.69, 9.17) is 0 Å². The zero-order valence-corrected chi connectivity index (χ0v) is 16.1. The zero-order chi connectivity index (χ0) is 19.3. The predicted molar refractivity (Wildman–Crippen MR) is 114 cm³/mol. The maximum absolute atomic E-state index is 11.7. The lowest BCUT2D eigenvalue weighted by molar-refractivity contribution is 0.0703. The molecule has 0 saturated heterocycles. The molecule has 0 spiro atoms. The number of aromatic carboxylic acids is 1. The molecule has 2 aromatic heterocycles. The Bertz CT molecular complexity index is 1090. The van der Waals surface area contributed by atoms with Gasteiger partial charge in [-0.05, 0) is 41.8 Å². The second kappa shape index (κ2) is 8.33. The predicted octanol–water partition coefficient (Wildman–Crippen LogP) is 4.99. The molecule has 0 saturated carbocycles. The van der Waals surface area contributed by atoms with Crippen LogP contribution in [0.25, 0.3) is 21.3 Å². The van der Waals surface area contributed by atoms with Crippen LogP contribution >= 0.6 is 11.3 Å². The number of carboxylic acid groups (broad SMARTS) is 1. The summed E-state index contributed by atoms with van der Waals surface area (Å²) < 4.78 is 0. The van der Waals surface area contributed by atoms with Crippen LogP contribution in [-0.4, -0.2) is 22.6 Å². The average molecular weight is 388 g/mol. The number of hydrogen-bond acceptors (Lipinski definition) is 4. The number of nitrogens with one attached hydrogen (secondary N) is 1. The van der Waals surface area contributed by atoms with Crippen LogP contribution in [0.3, 0.4) is 0 Å². The highest BCUT2D eigenvalue weighted by atomic mass is 32.1. The molecular formula is C23H20N2O2S. The van der Waals surface area contributed by atoms with Crippen LogP contribution in [0.4, 0.5) is 0 Å². The fraction of sp³-hybridized carbons (Fsp3) is 0.130. The van der Waals surface area contributed by atoms with Gasteiger partial charge in [0.2, 0.25) is 0 Å². The lowest BCUT2D eigenvalue weighted by Crippen LogP contribution is -2.16. The molecule has 0 unspecified atom stereocenters. The van der Waals surface area contributed by atoms with Crippen molar-refractivity contribution in [3.8, 4) is 11.1 Å². The van der Waals surface area contributed by atoms with Crippen LogP contribution in [0.1, 0.15) is 20.8 Å². The van der Waals surface area contributed by atoms with Gasteiger partial charge in [-0.15, -0.1) is 11.3 Å². The monoisotopic (exact) mass is 388 g/mol. The van der Waals surface area contributed by atoms with Crippen LogP contribution in [0.2, 0.25) is 0 Å². The van der Waals surface area contributed by atoms with Gasteiger partial charge >= 0.3 is 5.97 Å². The van der Waals surface area contributed by atoms with Crippen molar-refractivity contribution in [3.05, 3.63) is 88.9 Å². The van der Waals surface area contributed by atoms with Gasteiger partial charge in [0.25, 0.3) is 0 Å². The Hall–Kier alpha value is -3.02. The van der Waals surface area contributed by atoms with Gasteiger partial charge < -0.3 is 10.4 Å².